The lowest BCUT2D eigenvalue weighted by molar-refractivity contribution is 0.0544. The van der Waals surface area contributed by atoms with E-state index in [1.165, 1.54) is 0 Å². The minimum absolute atomic E-state index is 0.0428. The van der Waals surface area contributed by atoms with E-state index in [1.54, 1.807) is 9.58 Å². The first-order valence-corrected chi connectivity index (χ1v) is 8.22. The van der Waals surface area contributed by atoms with Crippen molar-refractivity contribution in [1.82, 2.24) is 20.0 Å². The maximum absolute atomic E-state index is 12.6. The molecule has 0 unspecified atom stereocenters. The van der Waals surface area contributed by atoms with Gasteiger partial charge in [-0.2, -0.15) is 5.10 Å². The van der Waals surface area contributed by atoms with E-state index >= 15 is 0 Å². The predicted molar refractivity (Wildman–Crippen MR) is 92.1 cm³/mol. The van der Waals surface area contributed by atoms with Gasteiger partial charge in [0.1, 0.15) is 6.61 Å². The predicted octanol–water partition coefficient (Wildman–Crippen LogP) is 1.79. The number of amides is 2. The average Bonchev–Trinajstić information content (AvgIpc) is 2.81. The molecule has 2 amide bonds. The second-order valence-electron chi connectivity index (χ2n) is 6.28. The Balaban J connectivity index is 1.46. The summed E-state index contributed by atoms with van der Waals surface area (Å²) >= 11 is 0. The summed E-state index contributed by atoms with van der Waals surface area (Å²) in [6.45, 7) is 4.90. The summed E-state index contributed by atoms with van der Waals surface area (Å²) in [6.07, 6.45) is -0.463. The molecule has 0 saturated carbocycles. The number of ether oxygens (including phenoxy) is 1. The van der Waals surface area contributed by atoms with Gasteiger partial charge in [-0.15, -0.1) is 0 Å². The smallest absolute Gasteiger partial charge is 0.407 e. The maximum atomic E-state index is 12.6. The van der Waals surface area contributed by atoms with Crippen molar-refractivity contribution in [2.45, 2.75) is 26.5 Å². The Labute approximate surface area is 146 Å². The molecule has 1 N–H and O–H groups in total. The van der Waals surface area contributed by atoms with E-state index in [-0.39, 0.29) is 18.6 Å². The Bertz CT molecular complexity index is 779. The summed E-state index contributed by atoms with van der Waals surface area (Å²) in [4.78, 5) is 26.1. The first-order valence-electron chi connectivity index (χ1n) is 8.22. The molecule has 132 valence electrons. The van der Waals surface area contributed by atoms with Gasteiger partial charge in [0.15, 0.2) is 0 Å². The summed E-state index contributed by atoms with van der Waals surface area (Å²) in [5.41, 5.74) is 3.16. The number of rotatable bonds is 4. The molecule has 2 aromatic rings. The number of nitrogens with zero attached hydrogens (tertiary/aromatic N) is 3. The number of carbonyl (C=O) groups is 2. The summed E-state index contributed by atoms with van der Waals surface area (Å²) in [6, 6.07) is 9.42. The van der Waals surface area contributed by atoms with Gasteiger partial charge in [0.2, 0.25) is 0 Å². The van der Waals surface area contributed by atoms with Crippen LogP contribution in [-0.2, 0) is 18.4 Å². The van der Waals surface area contributed by atoms with Gasteiger partial charge in [-0.1, -0.05) is 30.3 Å². The van der Waals surface area contributed by atoms with E-state index in [4.69, 9.17) is 4.74 Å². The molecule has 7 heteroatoms. The Morgan fingerprint density at radius 1 is 1.24 bits per heavy atom. The molecule has 7 nitrogen and oxygen atoms in total. The molecular weight excluding hydrogens is 320 g/mol. The van der Waals surface area contributed by atoms with Crippen molar-refractivity contribution in [3.8, 4) is 0 Å². The molecule has 1 aliphatic rings. The van der Waals surface area contributed by atoms with Crippen molar-refractivity contribution in [3.63, 3.8) is 0 Å². The highest BCUT2D eigenvalue weighted by molar-refractivity contribution is 5.97. The highest BCUT2D eigenvalue weighted by Crippen LogP contribution is 2.19. The Morgan fingerprint density at radius 2 is 1.92 bits per heavy atom. The number of alkyl carbamates (subject to hydrolysis) is 1. The largest absolute Gasteiger partial charge is 0.445 e. The van der Waals surface area contributed by atoms with Crippen LogP contribution >= 0.6 is 0 Å². The van der Waals surface area contributed by atoms with Crippen LogP contribution in [0.1, 0.15) is 27.3 Å². The molecule has 1 aliphatic heterocycles. The van der Waals surface area contributed by atoms with Gasteiger partial charge in [0, 0.05) is 25.8 Å². The zero-order chi connectivity index (χ0) is 18.0. The number of hydrogen-bond donors (Lipinski definition) is 1. The van der Waals surface area contributed by atoms with Crippen molar-refractivity contribution in [2.75, 3.05) is 13.1 Å². The molecule has 1 saturated heterocycles. The number of carbonyl (C=O) groups excluding carboxylic acids is 2. The molecule has 1 aromatic carbocycles. The van der Waals surface area contributed by atoms with Gasteiger partial charge in [0.05, 0.1) is 17.3 Å². The summed E-state index contributed by atoms with van der Waals surface area (Å²) in [7, 11) is 1.82. The molecule has 0 atom stereocenters. The molecule has 0 bridgehead atoms. The van der Waals surface area contributed by atoms with Crippen LogP contribution in [0, 0.1) is 13.8 Å². The first kappa shape index (κ1) is 17.0. The SMILES string of the molecule is Cc1nn(C)c(C)c1C(=O)N1CC(NC(=O)OCc2ccccc2)C1. The van der Waals surface area contributed by atoms with Crippen LogP contribution < -0.4 is 5.32 Å². The van der Waals surface area contributed by atoms with Crippen molar-refractivity contribution < 1.29 is 14.3 Å². The highest BCUT2D eigenvalue weighted by Gasteiger charge is 2.34. The molecule has 3 rings (SSSR count). The van der Waals surface area contributed by atoms with Crippen molar-refractivity contribution >= 4 is 12.0 Å². The van der Waals surface area contributed by atoms with Crippen molar-refractivity contribution in [2.24, 2.45) is 7.05 Å². The van der Waals surface area contributed by atoms with Gasteiger partial charge < -0.3 is 15.0 Å². The summed E-state index contributed by atoms with van der Waals surface area (Å²) in [5.74, 6) is -0.0428. The summed E-state index contributed by atoms with van der Waals surface area (Å²) < 4.78 is 6.90. The van der Waals surface area contributed by atoms with Crippen LogP contribution in [0.15, 0.2) is 30.3 Å². The van der Waals surface area contributed by atoms with Gasteiger partial charge in [-0.3, -0.25) is 9.48 Å². The van der Waals surface area contributed by atoms with E-state index < -0.39 is 6.09 Å². The number of nitrogens with one attached hydrogen (secondary N) is 1. The lowest BCUT2D eigenvalue weighted by Gasteiger charge is -2.39. The third-order valence-corrected chi connectivity index (χ3v) is 4.43. The Morgan fingerprint density at radius 3 is 2.52 bits per heavy atom. The topological polar surface area (TPSA) is 76.5 Å². The monoisotopic (exact) mass is 342 g/mol. The third-order valence-electron chi connectivity index (χ3n) is 4.43. The molecule has 0 radical (unpaired) electrons. The number of benzene rings is 1. The molecule has 0 aliphatic carbocycles. The normalized spacial score (nSPS) is 14.1. The summed E-state index contributed by atoms with van der Waals surface area (Å²) in [5, 5.41) is 7.05. The van der Waals surface area contributed by atoms with Crippen molar-refractivity contribution in [3.05, 3.63) is 52.8 Å². The zero-order valence-corrected chi connectivity index (χ0v) is 14.7. The second-order valence-corrected chi connectivity index (χ2v) is 6.28. The first-order chi connectivity index (χ1) is 12.0. The van der Waals surface area contributed by atoms with Crippen LogP contribution in [0.3, 0.4) is 0 Å². The Kier molecular flexibility index (Phi) is 4.74. The fraction of sp³-hybridized carbons (Fsp3) is 0.389. The standard InChI is InChI=1S/C18H22N4O3/c1-12-16(13(2)21(3)20-12)17(23)22-9-15(10-22)19-18(24)25-11-14-7-5-4-6-8-14/h4-8,15H,9-11H2,1-3H3,(H,19,24). The fourth-order valence-electron chi connectivity index (χ4n) is 2.91. The maximum Gasteiger partial charge on any atom is 0.407 e. The lowest BCUT2D eigenvalue weighted by Crippen LogP contribution is -2.61. The molecular formula is C18H22N4O3. The fourth-order valence-corrected chi connectivity index (χ4v) is 2.91. The lowest BCUT2D eigenvalue weighted by atomic mass is 10.1. The quantitative estimate of drug-likeness (QED) is 0.919. The molecule has 0 spiro atoms. The second kappa shape index (κ2) is 6.96. The van der Waals surface area contributed by atoms with Crippen LogP contribution in [-0.4, -0.2) is 45.8 Å². The van der Waals surface area contributed by atoms with Gasteiger partial charge >= 0.3 is 6.09 Å². The average molecular weight is 342 g/mol. The molecule has 2 heterocycles. The molecule has 25 heavy (non-hydrogen) atoms. The third kappa shape index (κ3) is 3.65. The minimum Gasteiger partial charge on any atom is -0.445 e. The highest BCUT2D eigenvalue weighted by atomic mass is 16.5. The van der Waals surface area contributed by atoms with E-state index in [0.29, 0.717) is 18.7 Å². The number of hydrogen-bond acceptors (Lipinski definition) is 4. The Hall–Kier alpha value is -2.83. The van der Waals surface area contributed by atoms with Crippen molar-refractivity contribution in [1.29, 1.82) is 0 Å². The zero-order valence-electron chi connectivity index (χ0n) is 14.7. The van der Waals surface area contributed by atoms with Gasteiger partial charge in [-0.25, -0.2) is 4.79 Å². The van der Waals surface area contributed by atoms with Crippen LogP contribution in [0.2, 0.25) is 0 Å². The van der Waals surface area contributed by atoms with E-state index in [9.17, 15) is 9.59 Å². The number of likely N-dealkylation sites (tertiary alicyclic amines) is 1. The van der Waals surface area contributed by atoms with Gasteiger partial charge in [0.25, 0.3) is 5.91 Å². The van der Waals surface area contributed by atoms with E-state index in [0.717, 1.165) is 17.0 Å². The molecule has 1 fully saturated rings. The van der Waals surface area contributed by atoms with Crippen LogP contribution in [0.25, 0.3) is 0 Å². The van der Waals surface area contributed by atoms with Crippen LogP contribution in [0.5, 0.6) is 0 Å². The molecule has 1 aromatic heterocycles. The van der Waals surface area contributed by atoms with E-state index in [1.807, 2.05) is 51.2 Å². The number of aromatic nitrogens is 2. The minimum atomic E-state index is -0.463. The van der Waals surface area contributed by atoms with Crippen LogP contribution in [0.4, 0.5) is 4.79 Å². The van der Waals surface area contributed by atoms with Gasteiger partial charge in [-0.05, 0) is 19.4 Å². The van der Waals surface area contributed by atoms with E-state index in [2.05, 4.69) is 10.4 Å². The number of aryl methyl sites for hydroxylation is 2.